The predicted molar refractivity (Wildman–Crippen MR) is 102 cm³/mol. The first-order chi connectivity index (χ1) is 13.0. The molecule has 2 fully saturated rings. The Morgan fingerprint density at radius 1 is 1.07 bits per heavy atom. The maximum Gasteiger partial charge on any atom is 0.230 e. The molecule has 1 aromatic carbocycles. The lowest BCUT2D eigenvalue weighted by Gasteiger charge is -2.39. The number of hydrogen-bond acceptors (Lipinski definition) is 3. The van der Waals surface area contributed by atoms with Crippen molar-refractivity contribution < 1.29 is 9.18 Å². The largest absolute Gasteiger partial charge is 0.338 e. The molecular weight excluding hydrogens is 341 g/mol. The lowest BCUT2D eigenvalue weighted by Crippen LogP contribution is -2.49. The van der Waals surface area contributed by atoms with Gasteiger partial charge in [-0.1, -0.05) is 18.2 Å². The number of hydrogen-bond donors (Lipinski definition) is 0. The maximum atomic E-state index is 13.3. The Labute approximate surface area is 160 Å². The first-order valence-electron chi connectivity index (χ1n) is 9.73. The number of pyridine rings is 1. The summed E-state index contributed by atoms with van der Waals surface area (Å²) in [6.45, 7) is 5.91. The summed E-state index contributed by atoms with van der Waals surface area (Å²) >= 11 is 0. The Balaban J connectivity index is 1.43. The van der Waals surface area contributed by atoms with E-state index in [1.165, 1.54) is 12.1 Å². The summed E-state index contributed by atoms with van der Waals surface area (Å²) in [5, 5.41) is 0. The average Bonchev–Trinajstić information content (AvgIpc) is 3.04. The zero-order valence-corrected chi connectivity index (χ0v) is 15.8. The average molecular weight is 367 g/mol. The van der Waals surface area contributed by atoms with Gasteiger partial charge in [-0.2, -0.15) is 0 Å². The molecule has 0 aliphatic carbocycles. The van der Waals surface area contributed by atoms with E-state index in [-0.39, 0.29) is 17.1 Å². The smallest absolute Gasteiger partial charge is 0.230 e. The van der Waals surface area contributed by atoms with E-state index in [4.69, 9.17) is 0 Å². The van der Waals surface area contributed by atoms with E-state index in [1.54, 1.807) is 12.1 Å². The molecule has 1 amide bonds. The minimum atomic E-state index is -0.262. The highest BCUT2D eigenvalue weighted by molar-refractivity contribution is 5.84. The minimum absolute atomic E-state index is 0.239. The van der Waals surface area contributed by atoms with Gasteiger partial charge in [-0.05, 0) is 62.6 Å². The summed E-state index contributed by atoms with van der Waals surface area (Å²) in [5.74, 6) is 0.0224. The molecule has 142 valence electrons. The Bertz CT molecular complexity index is 823. The molecule has 1 atom stereocenters. The number of amides is 1. The van der Waals surface area contributed by atoms with Crippen molar-refractivity contribution in [3.8, 4) is 0 Å². The Kier molecular flexibility index (Phi) is 4.96. The molecule has 1 aromatic heterocycles. The molecule has 4 nitrogen and oxygen atoms in total. The third-order valence-corrected chi connectivity index (χ3v) is 5.88. The fourth-order valence-electron chi connectivity index (χ4n) is 4.50. The van der Waals surface area contributed by atoms with Crippen LogP contribution in [-0.4, -0.2) is 40.3 Å². The molecule has 2 aliphatic heterocycles. The van der Waals surface area contributed by atoms with Gasteiger partial charge in [-0.3, -0.25) is 14.7 Å². The van der Waals surface area contributed by atoms with E-state index in [9.17, 15) is 9.18 Å². The van der Waals surface area contributed by atoms with Crippen LogP contribution in [0.25, 0.3) is 0 Å². The van der Waals surface area contributed by atoms with Gasteiger partial charge < -0.3 is 4.90 Å². The van der Waals surface area contributed by atoms with Gasteiger partial charge >= 0.3 is 0 Å². The van der Waals surface area contributed by atoms with Gasteiger partial charge in [0, 0.05) is 31.9 Å². The summed E-state index contributed by atoms with van der Waals surface area (Å²) in [4.78, 5) is 22.2. The number of piperidine rings is 1. The second-order valence-electron chi connectivity index (χ2n) is 7.97. The van der Waals surface area contributed by atoms with Gasteiger partial charge in [-0.15, -0.1) is 0 Å². The van der Waals surface area contributed by atoms with E-state index in [2.05, 4.69) is 16.0 Å². The van der Waals surface area contributed by atoms with Crippen molar-refractivity contribution in [1.82, 2.24) is 14.8 Å². The summed E-state index contributed by atoms with van der Waals surface area (Å²) in [6, 6.07) is 12.6. The lowest BCUT2D eigenvalue weighted by molar-refractivity contribution is -0.146. The van der Waals surface area contributed by atoms with Crippen LogP contribution in [0.3, 0.4) is 0 Å². The number of carbonyl (C=O) groups is 1. The van der Waals surface area contributed by atoms with Crippen LogP contribution in [0.5, 0.6) is 0 Å². The molecule has 0 radical (unpaired) electrons. The van der Waals surface area contributed by atoms with E-state index in [1.807, 2.05) is 24.0 Å². The van der Waals surface area contributed by atoms with Gasteiger partial charge in [0.05, 0.1) is 11.1 Å². The van der Waals surface area contributed by atoms with Crippen LogP contribution < -0.4 is 0 Å². The molecule has 0 bridgehead atoms. The van der Waals surface area contributed by atoms with Gasteiger partial charge in [0.25, 0.3) is 0 Å². The number of aryl methyl sites for hydroxylation is 1. The summed E-state index contributed by atoms with van der Waals surface area (Å²) in [7, 11) is 0. The van der Waals surface area contributed by atoms with Crippen molar-refractivity contribution >= 4 is 5.91 Å². The van der Waals surface area contributed by atoms with Crippen LogP contribution in [0.1, 0.15) is 36.2 Å². The Hall–Kier alpha value is -2.27. The summed E-state index contributed by atoms with van der Waals surface area (Å²) < 4.78 is 13.1. The number of aromatic nitrogens is 1. The molecule has 27 heavy (non-hydrogen) atoms. The van der Waals surface area contributed by atoms with Crippen LogP contribution in [-0.2, 0) is 17.9 Å². The highest BCUT2D eigenvalue weighted by atomic mass is 19.1. The first kappa shape index (κ1) is 18.1. The molecule has 5 heteroatoms. The molecule has 0 N–H and O–H groups in total. The first-order valence-corrected chi connectivity index (χ1v) is 9.73. The van der Waals surface area contributed by atoms with Gasteiger partial charge in [0.2, 0.25) is 5.91 Å². The number of carbonyl (C=O) groups excluding carboxylic acids is 1. The summed E-state index contributed by atoms with van der Waals surface area (Å²) in [6.07, 6.45) is 2.91. The van der Waals surface area contributed by atoms with Crippen molar-refractivity contribution in [2.24, 2.45) is 5.41 Å². The molecule has 0 unspecified atom stereocenters. The van der Waals surface area contributed by atoms with Gasteiger partial charge in [0.15, 0.2) is 0 Å². The Morgan fingerprint density at radius 2 is 1.89 bits per heavy atom. The van der Waals surface area contributed by atoms with Gasteiger partial charge in [-0.25, -0.2) is 4.39 Å². The fraction of sp³-hybridized carbons (Fsp3) is 0.455. The third kappa shape index (κ3) is 3.88. The zero-order chi connectivity index (χ0) is 18.9. The van der Waals surface area contributed by atoms with E-state index in [0.29, 0.717) is 6.54 Å². The SMILES string of the molecule is Cc1cccc(CN2CC[C@@]3(CCCN(Cc4ccc(F)cc4)C3=O)C2)n1. The molecule has 2 aliphatic rings. The van der Waals surface area contributed by atoms with Crippen molar-refractivity contribution in [1.29, 1.82) is 0 Å². The molecule has 2 aromatic rings. The standard InChI is InChI=1S/C22H26FN3O/c1-17-4-2-5-20(24-17)15-25-13-11-22(16-25)10-3-12-26(21(22)27)14-18-6-8-19(23)9-7-18/h2,4-9H,3,10-16H2,1H3/t22-/m0/s1. The second-order valence-corrected chi connectivity index (χ2v) is 7.97. The van der Waals surface area contributed by atoms with Crippen LogP contribution in [0.2, 0.25) is 0 Å². The minimum Gasteiger partial charge on any atom is -0.338 e. The molecular formula is C22H26FN3O. The topological polar surface area (TPSA) is 36.4 Å². The maximum absolute atomic E-state index is 13.3. The summed E-state index contributed by atoms with van der Waals surface area (Å²) in [5.41, 5.74) is 2.82. The van der Waals surface area contributed by atoms with Crippen molar-refractivity contribution in [3.05, 3.63) is 65.2 Å². The van der Waals surface area contributed by atoms with E-state index < -0.39 is 0 Å². The van der Waals surface area contributed by atoms with E-state index in [0.717, 1.165) is 62.4 Å². The highest BCUT2D eigenvalue weighted by Crippen LogP contribution is 2.40. The number of rotatable bonds is 4. The Morgan fingerprint density at radius 3 is 2.67 bits per heavy atom. The van der Waals surface area contributed by atoms with Crippen LogP contribution in [0.4, 0.5) is 4.39 Å². The molecule has 0 saturated carbocycles. The van der Waals surface area contributed by atoms with Crippen LogP contribution in [0, 0.1) is 18.2 Å². The lowest BCUT2D eigenvalue weighted by atomic mass is 9.78. The number of halogens is 1. The quantitative estimate of drug-likeness (QED) is 0.829. The molecule has 4 rings (SSSR count). The van der Waals surface area contributed by atoms with Gasteiger partial charge in [0.1, 0.15) is 5.82 Å². The van der Waals surface area contributed by atoms with Crippen molar-refractivity contribution in [3.63, 3.8) is 0 Å². The monoisotopic (exact) mass is 367 g/mol. The van der Waals surface area contributed by atoms with Crippen molar-refractivity contribution in [2.75, 3.05) is 19.6 Å². The molecule has 1 spiro atoms. The number of benzene rings is 1. The normalized spacial score (nSPS) is 23.3. The fourth-order valence-corrected chi connectivity index (χ4v) is 4.50. The number of likely N-dealkylation sites (tertiary alicyclic amines) is 2. The second kappa shape index (κ2) is 7.39. The predicted octanol–water partition coefficient (Wildman–Crippen LogP) is 3.54. The molecule has 2 saturated heterocycles. The van der Waals surface area contributed by atoms with Crippen molar-refractivity contribution in [2.45, 2.75) is 39.3 Å². The number of nitrogens with zero attached hydrogens (tertiary/aromatic N) is 3. The third-order valence-electron chi connectivity index (χ3n) is 5.88. The zero-order valence-electron chi connectivity index (χ0n) is 15.8. The highest BCUT2D eigenvalue weighted by Gasteiger charge is 2.48. The van der Waals surface area contributed by atoms with Crippen LogP contribution in [0.15, 0.2) is 42.5 Å². The molecule has 3 heterocycles. The van der Waals surface area contributed by atoms with E-state index >= 15 is 0 Å². The van der Waals surface area contributed by atoms with Crippen LogP contribution >= 0.6 is 0 Å².